The molecule has 0 radical (unpaired) electrons. The number of unbranched alkanes of at least 4 members (excludes halogenated alkanes) is 1. The molecule has 18 heavy (non-hydrogen) atoms. The minimum absolute atomic E-state index is 0.220. The molecule has 4 heteroatoms. The summed E-state index contributed by atoms with van der Waals surface area (Å²) in [5, 5.41) is 3.30. The lowest BCUT2D eigenvalue weighted by molar-refractivity contribution is 0.0309. The Labute approximate surface area is 112 Å². The van der Waals surface area contributed by atoms with Gasteiger partial charge in [0.2, 0.25) is 0 Å². The van der Waals surface area contributed by atoms with E-state index in [2.05, 4.69) is 35.8 Å². The predicted molar refractivity (Wildman–Crippen MR) is 79.1 cm³/mol. The van der Waals surface area contributed by atoms with Crippen LogP contribution in [0.25, 0.3) is 0 Å². The summed E-state index contributed by atoms with van der Waals surface area (Å²) < 4.78 is 5.38. The van der Waals surface area contributed by atoms with Gasteiger partial charge in [-0.05, 0) is 33.6 Å². The summed E-state index contributed by atoms with van der Waals surface area (Å²) in [5.41, 5.74) is -0.220. The van der Waals surface area contributed by atoms with E-state index >= 15 is 0 Å². The van der Waals surface area contributed by atoms with Crippen molar-refractivity contribution in [2.24, 2.45) is 4.99 Å². The number of rotatable bonds is 8. The fourth-order valence-electron chi connectivity index (χ4n) is 1.38. The number of methoxy groups -OCH3 is 1. The number of nitrogens with one attached hydrogen (secondary N) is 1. The molecule has 0 aromatic heterocycles. The summed E-state index contributed by atoms with van der Waals surface area (Å²) in [7, 11) is 3.78. The number of hydrogen-bond donors (Lipinski definition) is 1. The third-order valence-electron chi connectivity index (χ3n) is 2.76. The maximum atomic E-state index is 5.38. The van der Waals surface area contributed by atoms with Gasteiger partial charge in [-0.15, -0.1) is 6.58 Å². The van der Waals surface area contributed by atoms with Crippen molar-refractivity contribution < 1.29 is 4.74 Å². The van der Waals surface area contributed by atoms with E-state index in [9.17, 15) is 0 Å². The number of guanidine groups is 1. The van der Waals surface area contributed by atoms with Crippen LogP contribution >= 0.6 is 0 Å². The fourth-order valence-corrected chi connectivity index (χ4v) is 1.38. The first-order valence-corrected chi connectivity index (χ1v) is 6.62. The molecule has 0 aliphatic carbocycles. The minimum atomic E-state index is -0.220. The molecule has 0 bridgehead atoms. The molecule has 0 aromatic carbocycles. The summed E-state index contributed by atoms with van der Waals surface area (Å²) >= 11 is 0. The van der Waals surface area contributed by atoms with Gasteiger partial charge in [-0.1, -0.05) is 6.08 Å². The zero-order valence-corrected chi connectivity index (χ0v) is 12.6. The van der Waals surface area contributed by atoms with E-state index < -0.39 is 0 Å². The van der Waals surface area contributed by atoms with Crippen LogP contribution in [0.5, 0.6) is 0 Å². The molecule has 0 aliphatic rings. The average molecular weight is 255 g/mol. The van der Waals surface area contributed by atoms with Gasteiger partial charge in [0.25, 0.3) is 0 Å². The van der Waals surface area contributed by atoms with Crippen molar-refractivity contribution in [1.82, 2.24) is 10.2 Å². The van der Waals surface area contributed by atoms with Crippen molar-refractivity contribution in [2.45, 2.75) is 39.2 Å². The van der Waals surface area contributed by atoms with Crippen LogP contribution in [0.2, 0.25) is 0 Å². The molecule has 0 heterocycles. The van der Waals surface area contributed by atoms with Gasteiger partial charge in [0.05, 0.1) is 12.1 Å². The first-order chi connectivity index (χ1) is 8.46. The van der Waals surface area contributed by atoms with Crippen molar-refractivity contribution >= 4 is 5.96 Å². The average Bonchev–Trinajstić information content (AvgIpc) is 2.34. The molecule has 0 fully saturated rings. The lowest BCUT2D eigenvalue weighted by Gasteiger charge is -2.25. The molecule has 0 spiro atoms. The van der Waals surface area contributed by atoms with E-state index in [0.717, 1.165) is 31.9 Å². The van der Waals surface area contributed by atoms with Crippen LogP contribution in [0.3, 0.4) is 0 Å². The minimum Gasteiger partial charge on any atom is -0.377 e. The number of aliphatic imine (C=N–C) groups is 1. The predicted octanol–water partition coefficient (Wildman–Crippen LogP) is 2.27. The Morgan fingerprint density at radius 2 is 2.17 bits per heavy atom. The van der Waals surface area contributed by atoms with Crippen LogP contribution in [-0.4, -0.2) is 50.3 Å². The van der Waals surface area contributed by atoms with Crippen LogP contribution in [0.15, 0.2) is 17.6 Å². The van der Waals surface area contributed by atoms with Gasteiger partial charge in [0.1, 0.15) is 0 Å². The highest BCUT2D eigenvalue weighted by molar-refractivity contribution is 5.79. The van der Waals surface area contributed by atoms with E-state index in [1.54, 1.807) is 7.11 Å². The summed E-state index contributed by atoms with van der Waals surface area (Å²) in [5.74, 6) is 0.937. The molecule has 0 amide bonds. The standard InChI is InChI=1S/C14H29N3O/c1-7-9-10-11-17(5)13(15-8-2)16-12-14(3,4)18-6/h7H,1,8-12H2,2-6H3,(H,15,16). The molecular formula is C14H29N3O. The van der Waals surface area contributed by atoms with Crippen LogP contribution in [0, 0.1) is 0 Å². The second-order valence-electron chi connectivity index (χ2n) is 4.99. The topological polar surface area (TPSA) is 36.9 Å². The highest BCUT2D eigenvalue weighted by Crippen LogP contribution is 2.07. The van der Waals surface area contributed by atoms with Gasteiger partial charge >= 0.3 is 0 Å². The molecule has 0 unspecified atom stereocenters. The Hall–Kier alpha value is -1.03. The maximum absolute atomic E-state index is 5.38. The second-order valence-corrected chi connectivity index (χ2v) is 4.99. The Kier molecular flexibility index (Phi) is 8.46. The van der Waals surface area contributed by atoms with Crippen LogP contribution < -0.4 is 5.32 Å². The normalized spacial score (nSPS) is 12.4. The Morgan fingerprint density at radius 3 is 2.67 bits per heavy atom. The van der Waals surface area contributed by atoms with E-state index in [-0.39, 0.29) is 5.60 Å². The zero-order valence-electron chi connectivity index (χ0n) is 12.6. The zero-order chi connectivity index (χ0) is 14.0. The Morgan fingerprint density at radius 1 is 1.50 bits per heavy atom. The molecule has 106 valence electrons. The smallest absolute Gasteiger partial charge is 0.193 e. The van der Waals surface area contributed by atoms with E-state index in [4.69, 9.17) is 4.74 Å². The SMILES string of the molecule is C=CCCCN(C)C(=NCC(C)(C)OC)NCC. The first kappa shape index (κ1) is 17.0. The maximum Gasteiger partial charge on any atom is 0.193 e. The summed E-state index contributed by atoms with van der Waals surface area (Å²) in [4.78, 5) is 6.77. The number of hydrogen-bond acceptors (Lipinski definition) is 2. The van der Waals surface area contributed by atoms with Crippen molar-refractivity contribution in [3.8, 4) is 0 Å². The second kappa shape index (κ2) is 8.97. The van der Waals surface area contributed by atoms with E-state index in [0.29, 0.717) is 6.54 Å². The molecule has 0 atom stereocenters. The lowest BCUT2D eigenvalue weighted by Crippen LogP contribution is -2.40. The molecule has 4 nitrogen and oxygen atoms in total. The van der Waals surface area contributed by atoms with Gasteiger partial charge < -0.3 is 15.0 Å². The van der Waals surface area contributed by atoms with Gasteiger partial charge in [-0.25, -0.2) is 0 Å². The first-order valence-electron chi connectivity index (χ1n) is 6.62. The van der Waals surface area contributed by atoms with Crippen LogP contribution in [0.4, 0.5) is 0 Å². The summed E-state index contributed by atoms with van der Waals surface area (Å²) in [6, 6.07) is 0. The van der Waals surface area contributed by atoms with Gasteiger partial charge in [0, 0.05) is 27.2 Å². The van der Waals surface area contributed by atoms with E-state index in [1.807, 2.05) is 19.9 Å². The van der Waals surface area contributed by atoms with Gasteiger partial charge in [-0.3, -0.25) is 4.99 Å². The van der Waals surface area contributed by atoms with Crippen molar-refractivity contribution in [3.63, 3.8) is 0 Å². The highest BCUT2D eigenvalue weighted by Gasteiger charge is 2.16. The summed E-state index contributed by atoms with van der Waals surface area (Å²) in [6.45, 7) is 12.4. The van der Waals surface area contributed by atoms with Crippen molar-refractivity contribution in [2.75, 3.05) is 33.8 Å². The highest BCUT2D eigenvalue weighted by atomic mass is 16.5. The van der Waals surface area contributed by atoms with Gasteiger partial charge in [0.15, 0.2) is 5.96 Å². The quantitative estimate of drug-likeness (QED) is 0.313. The molecule has 0 aliphatic heterocycles. The lowest BCUT2D eigenvalue weighted by atomic mass is 10.1. The largest absolute Gasteiger partial charge is 0.377 e. The molecular weight excluding hydrogens is 226 g/mol. The molecule has 1 N–H and O–H groups in total. The number of nitrogens with zero attached hydrogens (tertiary/aromatic N) is 2. The van der Waals surface area contributed by atoms with Gasteiger partial charge in [-0.2, -0.15) is 0 Å². The van der Waals surface area contributed by atoms with E-state index in [1.165, 1.54) is 0 Å². The molecule has 0 aromatic rings. The fraction of sp³-hybridized carbons (Fsp3) is 0.786. The van der Waals surface area contributed by atoms with Crippen molar-refractivity contribution in [3.05, 3.63) is 12.7 Å². The monoisotopic (exact) mass is 255 g/mol. The molecule has 0 saturated carbocycles. The third kappa shape index (κ3) is 7.33. The van der Waals surface area contributed by atoms with Crippen LogP contribution in [0.1, 0.15) is 33.6 Å². The molecule has 0 saturated heterocycles. The van der Waals surface area contributed by atoms with Crippen LogP contribution in [-0.2, 0) is 4.74 Å². The Balaban J connectivity index is 4.43. The number of allylic oxidation sites excluding steroid dienone is 1. The Bertz CT molecular complexity index is 262. The summed E-state index contributed by atoms with van der Waals surface area (Å²) in [6.07, 6.45) is 4.08. The molecule has 0 rings (SSSR count). The number of ether oxygens (including phenoxy) is 1. The van der Waals surface area contributed by atoms with Crippen molar-refractivity contribution in [1.29, 1.82) is 0 Å². The third-order valence-corrected chi connectivity index (χ3v) is 2.76.